The third-order valence-electron chi connectivity index (χ3n) is 4.63. The van der Waals surface area contributed by atoms with Crippen molar-refractivity contribution in [1.82, 2.24) is 0 Å². The zero-order chi connectivity index (χ0) is 11.6. The summed E-state index contributed by atoms with van der Waals surface area (Å²) in [5.41, 5.74) is 6.60. The Morgan fingerprint density at radius 2 is 1.94 bits per heavy atom. The van der Waals surface area contributed by atoms with E-state index < -0.39 is 0 Å². The summed E-state index contributed by atoms with van der Waals surface area (Å²) in [4.78, 5) is 0. The van der Waals surface area contributed by atoms with Crippen LogP contribution in [0.25, 0.3) is 0 Å². The lowest BCUT2D eigenvalue weighted by atomic mass is 9.71. The molecule has 0 radical (unpaired) electrons. The minimum Gasteiger partial charge on any atom is -0.378 e. The Morgan fingerprint density at radius 3 is 2.44 bits per heavy atom. The van der Waals surface area contributed by atoms with Gasteiger partial charge in [0.1, 0.15) is 0 Å². The van der Waals surface area contributed by atoms with E-state index in [0.29, 0.717) is 6.10 Å². The Kier molecular flexibility index (Phi) is 3.91. The first-order valence-electron chi connectivity index (χ1n) is 6.99. The van der Waals surface area contributed by atoms with Crippen molar-refractivity contribution in [3.8, 4) is 0 Å². The first-order valence-corrected chi connectivity index (χ1v) is 6.99. The van der Waals surface area contributed by atoms with Gasteiger partial charge in [0.2, 0.25) is 0 Å². The molecule has 0 aromatic carbocycles. The van der Waals surface area contributed by atoms with Crippen molar-refractivity contribution in [2.75, 3.05) is 6.61 Å². The molecule has 0 amide bonds. The van der Waals surface area contributed by atoms with E-state index in [2.05, 4.69) is 13.8 Å². The van der Waals surface area contributed by atoms with Crippen LogP contribution < -0.4 is 5.73 Å². The summed E-state index contributed by atoms with van der Waals surface area (Å²) in [6.45, 7) is 5.64. The fourth-order valence-electron chi connectivity index (χ4n) is 3.34. The van der Waals surface area contributed by atoms with Crippen molar-refractivity contribution in [3.05, 3.63) is 0 Å². The van der Waals surface area contributed by atoms with E-state index in [0.717, 1.165) is 24.9 Å². The zero-order valence-corrected chi connectivity index (χ0v) is 10.9. The fraction of sp³-hybridized carbons (Fsp3) is 1.00. The minimum absolute atomic E-state index is 0.0837. The molecule has 0 aromatic rings. The summed E-state index contributed by atoms with van der Waals surface area (Å²) in [6, 6.07) is 0. The summed E-state index contributed by atoms with van der Waals surface area (Å²) in [7, 11) is 0. The van der Waals surface area contributed by atoms with E-state index in [9.17, 15) is 0 Å². The van der Waals surface area contributed by atoms with Gasteiger partial charge >= 0.3 is 0 Å². The van der Waals surface area contributed by atoms with Crippen LogP contribution in [0.3, 0.4) is 0 Å². The van der Waals surface area contributed by atoms with Crippen LogP contribution in [0.4, 0.5) is 0 Å². The second kappa shape index (κ2) is 5.05. The molecule has 2 aliphatic rings. The first-order chi connectivity index (χ1) is 7.59. The van der Waals surface area contributed by atoms with Gasteiger partial charge in [0.15, 0.2) is 0 Å². The van der Waals surface area contributed by atoms with Crippen LogP contribution in [0.1, 0.15) is 58.8 Å². The smallest absolute Gasteiger partial charge is 0.0593 e. The fourth-order valence-corrected chi connectivity index (χ4v) is 3.34. The van der Waals surface area contributed by atoms with Gasteiger partial charge in [-0.3, -0.25) is 0 Å². The standard InChI is InChI=1S/C14H27NO/c1-11(2)12-5-7-14(15,8-6-12)10-13-4-3-9-16-13/h11-13H,3-10,15H2,1-2H3. The van der Waals surface area contributed by atoms with Crippen molar-refractivity contribution in [3.63, 3.8) is 0 Å². The molecule has 2 fully saturated rings. The van der Waals surface area contributed by atoms with E-state index in [1.54, 1.807) is 0 Å². The van der Waals surface area contributed by atoms with E-state index in [-0.39, 0.29) is 5.54 Å². The molecule has 1 unspecified atom stereocenters. The molecule has 0 aromatic heterocycles. The molecular weight excluding hydrogens is 198 g/mol. The van der Waals surface area contributed by atoms with Crippen molar-refractivity contribution in [2.24, 2.45) is 17.6 Å². The molecule has 94 valence electrons. The Hall–Kier alpha value is -0.0800. The van der Waals surface area contributed by atoms with Crippen LogP contribution in [0.15, 0.2) is 0 Å². The summed E-state index contributed by atoms with van der Waals surface area (Å²) >= 11 is 0. The average Bonchev–Trinajstić information content (AvgIpc) is 2.70. The van der Waals surface area contributed by atoms with Gasteiger partial charge in [-0.1, -0.05) is 13.8 Å². The molecule has 1 aliphatic heterocycles. The van der Waals surface area contributed by atoms with Crippen LogP contribution in [0.5, 0.6) is 0 Å². The molecule has 2 rings (SSSR count). The molecule has 1 heterocycles. The zero-order valence-electron chi connectivity index (χ0n) is 10.9. The number of rotatable bonds is 3. The van der Waals surface area contributed by atoms with E-state index in [1.807, 2.05) is 0 Å². The van der Waals surface area contributed by atoms with Gasteiger partial charge in [-0.25, -0.2) is 0 Å². The van der Waals surface area contributed by atoms with Crippen LogP contribution in [-0.4, -0.2) is 18.2 Å². The maximum absolute atomic E-state index is 6.52. The average molecular weight is 225 g/mol. The van der Waals surface area contributed by atoms with Gasteiger partial charge in [0.25, 0.3) is 0 Å². The molecule has 2 nitrogen and oxygen atoms in total. The summed E-state index contributed by atoms with van der Waals surface area (Å²) < 4.78 is 5.72. The number of hydrogen-bond donors (Lipinski definition) is 1. The molecule has 2 N–H and O–H groups in total. The van der Waals surface area contributed by atoms with Crippen LogP contribution in [-0.2, 0) is 4.74 Å². The maximum Gasteiger partial charge on any atom is 0.0593 e. The lowest BCUT2D eigenvalue weighted by Gasteiger charge is -2.39. The highest BCUT2D eigenvalue weighted by molar-refractivity contribution is 4.93. The Morgan fingerprint density at radius 1 is 1.25 bits per heavy atom. The summed E-state index contributed by atoms with van der Waals surface area (Å²) in [5.74, 6) is 1.73. The van der Waals surface area contributed by atoms with E-state index >= 15 is 0 Å². The molecular formula is C14H27NO. The lowest BCUT2D eigenvalue weighted by molar-refractivity contribution is 0.0661. The normalized spacial score (nSPS) is 40.5. The van der Waals surface area contributed by atoms with Crippen molar-refractivity contribution in [1.29, 1.82) is 0 Å². The number of nitrogens with two attached hydrogens (primary N) is 1. The molecule has 0 bridgehead atoms. The lowest BCUT2D eigenvalue weighted by Crippen LogP contribution is -2.46. The maximum atomic E-state index is 6.52. The minimum atomic E-state index is 0.0837. The van der Waals surface area contributed by atoms with Crippen LogP contribution in [0.2, 0.25) is 0 Å². The molecule has 0 spiro atoms. The largest absolute Gasteiger partial charge is 0.378 e. The van der Waals surface area contributed by atoms with Gasteiger partial charge in [0, 0.05) is 12.1 Å². The summed E-state index contributed by atoms with van der Waals surface area (Å²) in [6.07, 6.45) is 9.06. The molecule has 16 heavy (non-hydrogen) atoms. The molecule has 1 saturated heterocycles. The van der Waals surface area contributed by atoms with Crippen LogP contribution >= 0.6 is 0 Å². The third-order valence-corrected chi connectivity index (χ3v) is 4.63. The topological polar surface area (TPSA) is 35.2 Å². The molecule has 1 atom stereocenters. The highest BCUT2D eigenvalue weighted by Crippen LogP contribution is 2.38. The van der Waals surface area contributed by atoms with Gasteiger partial charge in [-0.15, -0.1) is 0 Å². The van der Waals surface area contributed by atoms with E-state index in [1.165, 1.54) is 38.5 Å². The predicted octanol–water partition coefficient (Wildman–Crippen LogP) is 3.10. The van der Waals surface area contributed by atoms with Gasteiger partial charge in [-0.05, 0) is 56.8 Å². The monoisotopic (exact) mass is 225 g/mol. The Labute approximate surface area is 99.9 Å². The molecule has 1 aliphatic carbocycles. The van der Waals surface area contributed by atoms with Gasteiger partial charge in [-0.2, -0.15) is 0 Å². The summed E-state index contributed by atoms with van der Waals surface area (Å²) in [5, 5.41) is 0. The molecule has 1 saturated carbocycles. The number of ether oxygens (including phenoxy) is 1. The molecule has 2 heteroatoms. The van der Waals surface area contributed by atoms with Crippen molar-refractivity contribution >= 4 is 0 Å². The SMILES string of the molecule is CC(C)C1CCC(N)(CC2CCCO2)CC1. The number of hydrogen-bond acceptors (Lipinski definition) is 2. The first kappa shape index (κ1) is 12.4. The Balaban J connectivity index is 1.81. The van der Waals surface area contributed by atoms with Gasteiger partial charge in [0.05, 0.1) is 6.10 Å². The predicted molar refractivity (Wildman–Crippen MR) is 67.3 cm³/mol. The third kappa shape index (κ3) is 2.98. The Bertz CT molecular complexity index is 213. The van der Waals surface area contributed by atoms with E-state index in [4.69, 9.17) is 10.5 Å². The second-order valence-electron chi connectivity index (χ2n) is 6.28. The van der Waals surface area contributed by atoms with Crippen LogP contribution in [0, 0.1) is 11.8 Å². The van der Waals surface area contributed by atoms with Crippen molar-refractivity contribution < 1.29 is 4.74 Å². The second-order valence-corrected chi connectivity index (χ2v) is 6.28. The quantitative estimate of drug-likeness (QED) is 0.801. The highest BCUT2D eigenvalue weighted by Gasteiger charge is 2.35. The van der Waals surface area contributed by atoms with Crippen molar-refractivity contribution in [2.45, 2.75) is 70.4 Å². The van der Waals surface area contributed by atoms with Gasteiger partial charge < -0.3 is 10.5 Å². The highest BCUT2D eigenvalue weighted by atomic mass is 16.5.